The summed E-state index contributed by atoms with van der Waals surface area (Å²) in [5, 5.41) is 5.52. The fourth-order valence-electron chi connectivity index (χ4n) is 3.97. The van der Waals surface area contributed by atoms with Gasteiger partial charge in [0.1, 0.15) is 17.7 Å². The van der Waals surface area contributed by atoms with Crippen molar-refractivity contribution in [2.24, 2.45) is 5.73 Å². The highest BCUT2D eigenvalue weighted by molar-refractivity contribution is 5.94. The highest BCUT2D eigenvalue weighted by Gasteiger charge is 2.37. The molecule has 0 bridgehead atoms. The molecule has 0 radical (unpaired) electrons. The maximum absolute atomic E-state index is 14.0. The Balaban J connectivity index is 3.58. The molecule has 2 unspecified atom stereocenters. The van der Waals surface area contributed by atoms with Gasteiger partial charge < -0.3 is 26.0 Å². The minimum Gasteiger partial charge on any atom is -0.444 e. The number of primary amides is 1. The lowest BCUT2D eigenvalue weighted by atomic mass is 9.96. The van der Waals surface area contributed by atoms with Crippen LogP contribution in [-0.2, 0) is 19.1 Å². The van der Waals surface area contributed by atoms with Gasteiger partial charge in [-0.25, -0.2) is 4.79 Å². The molecule has 1 aromatic carbocycles. The van der Waals surface area contributed by atoms with Gasteiger partial charge in [-0.3, -0.25) is 14.4 Å². The molecule has 0 spiro atoms. The Morgan fingerprint density at radius 2 is 1.61 bits per heavy atom. The summed E-state index contributed by atoms with van der Waals surface area (Å²) in [6.45, 7) is 17.0. The van der Waals surface area contributed by atoms with Crippen molar-refractivity contribution in [2.75, 3.05) is 6.54 Å². The van der Waals surface area contributed by atoms with Crippen molar-refractivity contribution in [3.8, 4) is 0 Å². The number of benzene rings is 1. The zero-order valence-corrected chi connectivity index (χ0v) is 24.7. The molecule has 0 saturated heterocycles. The predicted molar refractivity (Wildman–Crippen MR) is 149 cm³/mol. The molecule has 214 valence electrons. The SMILES string of the molecule is CCCCCCN(C(=O)C(CC(N)=O)NC(=O)OC(C)(C)C)C(C(=O)NC(C)(C)C)c1ccc(C)c(C)c1. The van der Waals surface area contributed by atoms with Gasteiger partial charge in [-0.2, -0.15) is 0 Å². The second-order valence-corrected chi connectivity index (χ2v) is 11.9. The number of nitrogens with one attached hydrogen (secondary N) is 2. The van der Waals surface area contributed by atoms with E-state index in [-0.39, 0.29) is 12.5 Å². The van der Waals surface area contributed by atoms with Crippen molar-refractivity contribution in [3.63, 3.8) is 0 Å². The van der Waals surface area contributed by atoms with Crippen LogP contribution in [0.4, 0.5) is 4.79 Å². The third kappa shape index (κ3) is 11.5. The minimum atomic E-state index is -1.29. The molecule has 0 aliphatic rings. The molecule has 9 heteroatoms. The predicted octanol–water partition coefficient (Wildman–Crippen LogP) is 4.44. The van der Waals surface area contributed by atoms with Gasteiger partial charge in [-0.05, 0) is 78.5 Å². The lowest BCUT2D eigenvalue weighted by molar-refractivity contribution is -0.144. The summed E-state index contributed by atoms with van der Waals surface area (Å²) in [7, 11) is 0. The highest BCUT2D eigenvalue weighted by Crippen LogP contribution is 2.27. The average Bonchev–Trinajstić information content (AvgIpc) is 2.74. The molecule has 9 nitrogen and oxygen atoms in total. The molecule has 2 atom stereocenters. The maximum Gasteiger partial charge on any atom is 0.408 e. The second kappa shape index (κ2) is 14.2. The molecule has 0 saturated carbocycles. The van der Waals surface area contributed by atoms with Gasteiger partial charge in [0.25, 0.3) is 0 Å². The van der Waals surface area contributed by atoms with Gasteiger partial charge in [-0.1, -0.05) is 44.4 Å². The molecule has 4 N–H and O–H groups in total. The normalized spacial score (nSPS) is 13.3. The van der Waals surface area contributed by atoms with Gasteiger partial charge in [-0.15, -0.1) is 0 Å². The highest BCUT2D eigenvalue weighted by atomic mass is 16.6. The van der Waals surface area contributed by atoms with E-state index in [1.807, 2.05) is 52.8 Å². The Morgan fingerprint density at radius 1 is 0.974 bits per heavy atom. The number of aryl methyl sites for hydroxylation is 2. The Hall–Kier alpha value is -3.10. The number of alkyl carbamates (subject to hydrolysis) is 1. The van der Waals surface area contributed by atoms with Gasteiger partial charge in [0, 0.05) is 12.1 Å². The van der Waals surface area contributed by atoms with Crippen LogP contribution in [0.2, 0.25) is 0 Å². The minimum absolute atomic E-state index is 0.263. The third-order valence-corrected chi connectivity index (χ3v) is 5.83. The first kappa shape index (κ1) is 32.9. The van der Waals surface area contributed by atoms with E-state index >= 15 is 0 Å². The summed E-state index contributed by atoms with van der Waals surface area (Å²) in [6, 6.07) is 3.40. The van der Waals surface area contributed by atoms with Gasteiger partial charge in [0.15, 0.2) is 0 Å². The van der Waals surface area contributed by atoms with Crippen LogP contribution in [-0.4, -0.2) is 52.4 Å². The Bertz CT molecular complexity index is 978. The van der Waals surface area contributed by atoms with Crippen molar-refractivity contribution < 1.29 is 23.9 Å². The number of hydrogen-bond acceptors (Lipinski definition) is 5. The summed E-state index contributed by atoms with van der Waals surface area (Å²) in [4.78, 5) is 53.8. The fraction of sp³-hybridized carbons (Fsp3) is 0.655. The van der Waals surface area contributed by atoms with Gasteiger partial charge in [0.2, 0.25) is 17.7 Å². The van der Waals surface area contributed by atoms with E-state index in [9.17, 15) is 19.2 Å². The monoisotopic (exact) mass is 532 g/mol. The average molecular weight is 533 g/mol. The number of nitrogens with two attached hydrogens (primary N) is 1. The first-order chi connectivity index (χ1) is 17.4. The number of rotatable bonds is 12. The summed E-state index contributed by atoms with van der Waals surface area (Å²) in [6.07, 6.45) is 2.23. The van der Waals surface area contributed by atoms with E-state index < -0.39 is 47.6 Å². The molecule has 1 rings (SSSR count). The molecule has 0 aliphatic carbocycles. The van der Waals surface area contributed by atoms with Crippen molar-refractivity contribution in [3.05, 3.63) is 34.9 Å². The molecule has 0 aliphatic heterocycles. The summed E-state index contributed by atoms with van der Waals surface area (Å²) in [5.74, 6) is -1.68. The molecule has 1 aromatic rings. The smallest absolute Gasteiger partial charge is 0.408 e. The van der Waals surface area contributed by atoms with Gasteiger partial charge >= 0.3 is 6.09 Å². The lowest BCUT2D eigenvalue weighted by Gasteiger charge is -2.36. The first-order valence-electron chi connectivity index (χ1n) is 13.4. The number of nitrogens with zero attached hydrogens (tertiary/aromatic N) is 1. The molecule has 0 fully saturated rings. The third-order valence-electron chi connectivity index (χ3n) is 5.83. The van der Waals surface area contributed by atoms with Crippen LogP contribution in [0, 0.1) is 13.8 Å². The quantitative estimate of drug-likeness (QED) is 0.343. The summed E-state index contributed by atoms with van der Waals surface area (Å²) in [5.41, 5.74) is 6.79. The number of amides is 4. The van der Waals surface area contributed by atoms with Gasteiger partial charge in [0.05, 0.1) is 6.42 Å². The number of hydrogen-bond donors (Lipinski definition) is 3. The van der Waals surface area contributed by atoms with E-state index in [2.05, 4.69) is 17.6 Å². The number of unbranched alkanes of at least 4 members (excludes halogenated alkanes) is 3. The molecular weight excluding hydrogens is 484 g/mol. The number of carbonyl (C=O) groups is 4. The molecule has 0 heterocycles. The zero-order chi connectivity index (χ0) is 29.3. The lowest BCUT2D eigenvalue weighted by Crippen LogP contribution is -2.55. The van der Waals surface area contributed by atoms with Crippen molar-refractivity contribution >= 4 is 23.8 Å². The van der Waals surface area contributed by atoms with E-state index in [1.165, 1.54) is 4.90 Å². The fourth-order valence-corrected chi connectivity index (χ4v) is 3.97. The summed E-state index contributed by atoms with van der Waals surface area (Å²) < 4.78 is 5.33. The van der Waals surface area contributed by atoms with Crippen LogP contribution in [0.5, 0.6) is 0 Å². The Kier molecular flexibility index (Phi) is 12.3. The first-order valence-corrected chi connectivity index (χ1v) is 13.4. The van der Waals surface area contributed by atoms with Crippen LogP contribution in [0.25, 0.3) is 0 Å². The summed E-state index contributed by atoms with van der Waals surface area (Å²) >= 11 is 0. The van der Waals surface area contributed by atoms with Crippen molar-refractivity contribution in [1.82, 2.24) is 15.5 Å². The number of carbonyl (C=O) groups excluding carboxylic acids is 4. The van der Waals surface area contributed by atoms with E-state index in [4.69, 9.17) is 10.5 Å². The zero-order valence-electron chi connectivity index (χ0n) is 24.7. The molecule has 4 amide bonds. The van der Waals surface area contributed by atoms with Crippen molar-refractivity contribution in [2.45, 2.75) is 118 Å². The topological polar surface area (TPSA) is 131 Å². The molecule has 0 aromatic heterocycles. The number of ether oxygens (including phenoxy) is 1. The van der Waals surface area contributed by atoms with E-state index in [0.29, 0.717) is 12.0 Å². The second-order valence-electron chi connectivity index (χ2n) is 11.9. The standard InChI is InChI=1S/C29H48N4O5/c1-10-11-12-13-16-33(26(36)22(18-23(30)34)31-27(37)38-29(7,8)9)24(25(35)32-28(4,5)6)21-15-14-19(2)20(3)17-21/h14-15,17,22,24H,10-13,16,18H2,1-9H3,(H2,30,34)(H,31,37)(H,32,35). The van der Waals surface area contributed by atoms with E-state index in [0.717, 1.165) is 30.4 Å². The van der Waals surface area contributed by atoms with Crippen LogP contribution >= 0.6 is 0 Å². The maximum atomic E-state index is 14.0. The van der Waals surface area contributed by atoms with E-state index in [1.54, 1.807) is 20.8 Å². The Morgan fingerprint density at radius 3 is 2.11 bits per heavy atom. The van der Waals surface area contributed by atoms with Crippen LogP contribution in [0.3, 0.4) is 0 Å². The Labute approximate surface area is 228 Å². The molecule has 38 heavy (non-hydrogen) atoms. The molecular formula is C29H48N4O5. The largest absolute Gasteiger partial charge is 0.444 e. The van der Waals surface area contributed by atoms with Crippen LogP contribution in [0.1, 0.15) is 103 Å². The van der Waals surface area contributed by atoms with Crippen LogP contribution in [0.15, 0.2) is 18.2 Å². The van der Waals surface area contributed by atoms with Crippen LogP contribution < -0.4 is 16.4 Å². The van der Waals surface area contributed by atoms with Crippen molar-refractivity contribution in [1.29, 1.82) is 0 Å².